The minimum absolute atomic E-state index is 0.234. The summed E-state index contributed by atoms with van der Waals surface area (Å²) in [4.78, 5) is 29.7. The van der Waals surface area contributed by atoms with E-state index in [0.717, 1.165) is 29.3 Å². The number of imide groups is 1. The summed E-state index contributed by atoms with van der Waals surface area (Å²) >= 11 is 1.46. The lowest BCUT2D eigenvalue weighted by molar-refractivity contribution is -0.136. The molecule has 1 aromatic heterocycles. The number of benzene rings is 1. The lowest BCUT2D eigenvalue weighted by atomic mass is 10.1. The fraction of sp³-hybridized carbons (Fsp3) is 0.300. The molecule has 1 aromatic carbocycles. The van der Waals surface area contributed by atoms with Gasteiger partial charge < -0.3 is 10.2 Å². The highest BCUT2D eigenvalue weighted by atomic mass is 32.1. The summed E-state index contributed by atoms with van der Waals surface area (Å²) in [6.45, 7) is 8.29. The van der Waals surface area contributed by atoms with Gasteiger partial charge in [0.2, 0.25) is 0 Å². The molecule has 1 N–H and O–H groups in total. The van der Waals surface area contributed by atoms with Crippen molar-refractivity contribution in [3.8, 4) is 0 Å². The van der Waals surface area contributed by atoms with Crippen LogP contribution in [0.4, 0.5) is 11.4 Å². The van der Waals surface area contributed by atoms with Gasteiger partial charge in [-0.2, -0.15) is 0 Å². The normalized spacial score (nSPS) is 14.3. The maximum Gasteiger partial charge on any atom is 0.278 e. The average Bonchev–Trinajstić information content (AvgIpc) is 3.25. The van der Waals surface area contributed by atoms with Gasteiger partial charge in [0.05, 0.1) is 5.57 Å². The maximum absolute atomic E-state index is 12.7. The summed E-state index contributed by atoms with van der Waals surface area (Å²) in [5.74, 6) is -0.504. The maximum atomic E-state index is 12.7. The second-order valence-corrected chi connectivity index (χ2v) is 6.87. The number of carbonyl (C=O) groups is 2. The Morgan fingerprint density at radius 3 is 2.23 bits per heavy atom. The first-order valence-electron chi connectivity index (χ1n) is 8.87. The third-order valence-corrected chi connectivity index (χ3v) is 5.40. The quantitative estimate of drug-likeness (QED) is 0.754. The molecule has 2 aromatic rings. The van der Waals surface area contributed by atoms with Crippen molar-refractivity contribution in [2.45, 2.75) is 20.8 Å². The van der Waals surface area contributed by atoms with Gasteiger partial charge in [0, 0.05) is 35.9 Å². The van der Waals surface area contributed by atoms with Crippen LogP contribution in [0, 0.1) is 0 Å². The first kappa shape index (κ1) is 18.2. The zero-order chi connectivity index (χ0) is 18.7. The van der Waals surface area contributed by atoms with Gasteiger partial charge in [-0.1, -0.05) is 6.07 Å². The first-order chi connectivity index (χ1) is 12.6. The summed E-state index contributed by atoms with van der Waals surface area (Å²) in [5, 5.41) is 5.09. The molecular formula is C20H23N3O2S. The van der Waals surface area contributed by atoms with Gasteiger partial charge in [-0.15, -0.1) is 11.3 Å². The highest BCUT2D eigenvalue weighted by molar-refractivity contribution is 7.11. The Hall–Kier alpha value is -2.60. The summed E-state index contributed by atoms with van der Waals surface area (Å²) in [5.41, 5.74) is 2.75. The van der Waals surface area contributed by atoms with Crippen molar-refractivity contribution >= 4 is 40.1 Å². The molecule has 2 amide bonds. The largest absolute Gasteiger partial charge is 0.372 e. The van der Waals surface area contributed by atoms with Crippen molar-refractivity contribution in [3.05, 3.63) is 52.4 Å². The minimum atomic E-state index is -0.270. The monoisotopic (exact) mass is 369 g/mol. The van der Waals surface area contributed by atoms with Gasteiger partial charge in [-0.25, -0.2) is 0 Å². The summed E-state index contributed by atoms with van der Waals surface area (Å²) in [6, 6.07) is 11.7. The molecule has 136 valence electrons. The molecule has 26 heavy (non-hydrogen) atoms. The number of hydrogen-bond donors (Lipinski definition) is 1. The number of thiophene rings is 1. The number of nitrogens with zero attached hydrogens (tertiary/aromatic N) is 2. The Kier molecular flexibility index (Phi) is 5.42. The van der Waals surface area contributed by atoms with Gasteiger partial charge in [0.25, 0.3) is 11.8 Å². The van der Waals surface area contributed by atoms with E-state index in [1.807, 2.05) is 48.7 Å². The number of hydrogen-bond acceptors (Lipinski definition) is 5. The van der Waals surface area contributed by atoms with Gasteiger partial charge in [-0.3, -0.25) is 14.5 Å². The molecule has 1 aliphatic heterocycles. The number of amides is 2. The smallest absolute Gasteiger partial charge is 0.278 e. The summed E-state index contributed by atoms with van der Waals surface area (Å²) in [7, 11) is 0. The molecule has 0 unspecified atom stereocenters. The van der Waals surface area contributed by atoms with Crippen LogP contribution in [-0.2, 0) is 9.59 Å². The molecule has 1 aliphatic rings. The van der Waals surface area contributed by atoms with E-state index in [1.165, 1.54) is 16.2 Å². The summed E-state index contributed by atoms with van der Waals surface area (Å²) in [6.07, 6.45) is 0. The molecule has 5 nitrogen and oxygen atoms in total. The number of likely N-dealkylation sites (N-methyl/N-ethyl adjacent to an activating group) is 1. The summed E-state index contributed by atoms with van der Waals surface area (Å²) < 4.78 is 0. The van der Waals surface area contributed by atoms with Gasteiger partial charge in [-0.05, 0) is 56.5 Å². The first-order valence-corrected chi connectivity index (χ1v) is 9.75. The lowest BCUT2D eigenvalue weighted by Gasteiger charge is -2.21. The van der Waals surface area contributed by atoms with Crippen LogP contribution in [0.25, 0.3) is 5.57 Å². The molecule has 0 aliphatic carbocycles. The molecule has 3 rings (SSSR count). The minimum Gasteiger partial charge on any atom is -0.372 e. The third-order valence-electron chi connectivity index (χ3n) is 4.52. The Morgan fingerprint density at radius 1 is 1.00 bits per heavy atom. The van der Waals surface area contributed by atoms with E-state index < -0.39 is 0 Å². The fourth-order valence-corrected chi connectivity index (χ4v) is 3.89. The number of nitrogens with one attached hydrogen (secondary N) is 1. The predicted octanol–water partition coefficient (Wildman–Crippen LogP) is 3.81. The average molecular weight is 369 g/mol. The van der Waals surface area contributed by atoms with E-state index in [9.17, 15) is 9.59 Å². The molecule has 6 heteroatoms. The topological polar surface area (TPSA) is 52.7 Å². The standard InChI is InChI=1S/C20H23N3O2S/c1-4-22(5-2)15-11-9-14(10-12-15)21-18-17(16-8-7-13-26-16)19(24)23(6-3)20(18)25/h7-13,21H,4-6H2,1-3H3. The molecule has 0 atom stereocenters. The van der Waals surface area contributed by atoms with Crippen LogP contribution in [0.5, 0.6) is 0 Å². The number of carbonyl (C=O) groups excluding carboxylic acids is 2. The fourth-order valence-electron chi connectivity index (χ4n) is 3.12. The van der Waals surface area contributed by atoms with E-state index in [1.54, 1.807) is 0 Å². The Bertz CT molecular complexity index is 821. The highest BCUT2D eigenvalue weighted by Gasteiger charge is 2.38. The Morgan fingerprint density at radius 2 is 1.69 bits per heavy atom. The van der Waals surface area contributed by atoms with Crippen LogP contribution in [0.15, 0.2) is 47.5 Å². The van der Waals surface area contributed by atoms with Crippen molar-refractivity contribution in [1.82, 2.24) is 4.90 Å². The molecule has 0 bridgehead atoms. The van der Waals surface area contributed by atoms with Gasteiger partial charge in [0.1, 0.15) is 5.70 Å². The van der Waals surface area contributed by atoms with E-state index in [0.29, 0.717) is 17.8 Å². The van der Waals surface area contributed by atoms with E-state index in [2.05, 4.69) is 24.1 Å². The molecule has 0 fully saturated rings. The molecular weight excluding hydrogens is 346 g/mol. The predicted molar refractivity (Wildman–Crippen MR) is 107 cm³/mol. The van der Waals surface area contributed by atoms with Crippen LogP contribution in [0.1, 0.15) is 25.6 Å². The third kappa shape index (κ3) is 3.24. The highest BCUT2D eigenvalue weighted by Crippen LogP contribution is 2.32. The molecule has 2 heterocycles. The Balaban J connectivity index is 1.93. The van der Waals surface area contributed by atoms with Crippen molar-refractivity contribution < 1.29 is 9.59 Å². The second-order valence-electron chi connectivity index (χ2n) is 5.93. The second kappa shape index (κ2) is 7.74. The zero-order valence-electron chi connectivity index (χ0n) is 15.3. The van der Waals surface area contributed by atoms with Crippen molar-refractivity contribution in [2.75, 3.05) is 29.9 Å². The van der Waals surface area contributed by atoms with Crippen LogP contribution in [0.2, 0.25) is 0 Å². The van der Waals surface area contributed by atoms with Gasteiger partial charge >= 0.3 is 0 Å². The van der Waals surface area contributed by atoms with E-state index in [4.69, 9.17) is 0 Å². The molecule has 0 saturated heterocycles. The number of rotatable bonds is 7. The molecule has 0 radical (unpaired) electrons. The molecule has 0 saturated carbocycles. The number of anilines is 2. The van der Waals surface area contributed by atoms with Crippen molar-refractivity contribution in [2.24, 2.45) is 0 Å². The van der Waals surface area contributed by atoms with Crippen molar-refractivity contribution in [3.63, 3.8) is 0 Å². The van der Waals surface area contributed by atoms with Gasteiger partial charge in [0.15, 0.2) is 0 Å². The molecule has 0 spiro atoms. The zero-order valence-corrected chi connectivity index (χ0v) is 16.1. The van der Waals surface area contributed by atoms with Crippen LogP contribution >= 0.6 is 11.3 Å². The van der Waals surface area contributed by atoms with Crippen LogP contribution < -0.4 is 10.2 Å². The van der Waals surface area contributed by atoms with Crippen LogP contribution in [-0.4, -0.2) is 36.3 Å². The van der Waals surface area contributed by atoms with Crippen molar-refractivity contribution in [1.29, 1.82) is 0 Å². The van der Waals surface area contributed by atoms with Crippen LogP contribution in [0.3, 0.4) is 0 Å². The van der Waals surface area contributed by atoms with E-state index in [-0.39, 0.29) is 11.8 Å². The Labute approximate surface area is 157 Å². The lowest BCUT2D eigenvalue weighted by Crippen LogP contribution is -2.32. The van der Waals surface area contributed by atoms with E-state index >= 15 is 0 Å². The SMILES string of the molecule is CCN1C(=O)C(Nc2ccc(N(CC)CC)cc2)=C(c2cccs2)C1=O.